The number of carbonyl (C=O) groups excluding carboxylic acids is 2. The van der Waals surface area contributed by atoms with Gasteiger partial charge in [0.15, 0.2) is 5.78 Å². The number of allylic oxidation sites excluding steroid dienone is 2. The Morgan fingerprint density at radius 2 is 2.06 bits per heavy atom. The molecule has 0 spiro atoms. The maximum atomic E-state index is 13.5. The second-order valence-electron chi connectivity index (χ2n) is 9.27. The van der Waals surface area contributed by atoms with Gasteiger partial charge in [-0.05, 0) is 36.8 Å². The zero-order valence-corrected chi connectivity index (χ0v) is 20.9. The molecule has 0 saturated carbocycles. The third-order valence-electron chi connectivity index (χ3n) is 6.16. The summed E-state index contributed by atoms with van der Waals surface area (Å²) < 4.78 is 11.4. The quantitative estimate of drug-likeness (QED) is 0.233. The third kappa shape index (κ3) is 5.46. The summed E-state index contributed by atoms with van der Waals surface area (Å²) >= 11 is 6.61. The van der Waals surface area contributed by atoms with Crippen LogP contribution in [0.1, 0.15) is 51.5 Å². The van der Waals surface area contributed by atoms with Gasteiger partial charge in [-0.15, -0.1) is 0 Å². The Bertz CT molecular complexity index is 1070. The summed E-state index contributed by atoms with van der Waals surface area (Å²) in [4.78, 5) is 31.8. The lowest BCUT2D eigenvalue weighted by Crippen LogP contribution is -2.41. The Labute approximate surface area is 205 Å². The molecule has 1 aromatic rings. The molecule has 0 amide bonds. The summed E-state index contributed by atoms with van der Waals surface area (Å²) in [5.74, 6) is -1.09. The zero-order valence-electron chi connectivity index (χ0n) is 20.2. The first-order chi connectivity index (χ1) is 16.2. The van der Waals surface area contributed by atoms with Crippen LogP contribution in [0.2, 0.25) is 5.02 Å². The standard InChI is InChI=1S/C25H32ClN4O4/c1-5-34-24(32)23-19(15-33-12-8-11-28-29-27)30(4)18-13-25(2,3)14-20(31)22(18)21(23)16-9-6-7-10-17(16)26/h6-7,9-10,21,27H,5,8,11-15H2,1-4H3/q+1. The SMILES string of the molecule is CCOC(=O)C1=C(COCCCN=[N+]=N)N(C)C2=C(C(=O)CC(C)(C)C2)C1c1ccccc1Cl. The van der Waals surface area contributed by atoms with Crippen molar-refractivity contribution in [3.8, 4) is 0 Å². The van der Waals surface area contributed by atoms with Crippen molar-refractivity contribution >= 4 is 23.4 Å². The Hall–Kier alpha value is -2.80. The molecule has 1 atom stereocenters. The molecule has 1 heterocycles. The van der Waals surface area contributed by atoms with Crippen LogP contribution in [0, 0.1) is 10.9 Å². The lowest BCUT2D eigenvalue weighted by molar-refractivity contribution is -0.139. The molecule has 0 radical (unpaired) electrons. The second-order valence-corrected chi connectivity index (χ2v) is 9.67. The van der Waals surface area contributed by atoms with Crippen molar-refractivity contribution in [2.24, 2.45) is 10.5 Å². The summed E-state index contributed by atoms with van der Waals surface area (Å²) in [5, 5.41) is 4.12. The summed E-state index contributed by atoms with van der Waals surface area (Å²) in [6, 6.07) is 7.32. The van der Waals surface area contributed by atoms with Crippen LogP contribution in [0.25, 0.3) is 0 Å². The molecule has 1 aromatic carbocycles. The molecule has 1 unspecified atom stereocenters. The topological polar surface area (TPSA) is 106 Å². The number of hydrogen-bond acceptors (Lipinski definition) is 7. The van der Waals surface area contributed by atoms with Crippen LogP contribution in [-0.4, -0.2) is 50.1 Å². The van der Waals surface area contributed by atoms with Gasteiger partial charge >= 0.3 is 5.97 Å². The monoisotopic (exact) mass is 487 g/mol. The van der Waals surface area contributed by atoms with Gasteiger partial charge in [-0.2, -0.15) is 0 Å². The molecule has 8 nitrogen and oxygen atoms in total. The minimum absolute atomic E-state index is 0.0190. The molecule has 9 heteroatoms. The average Bonchev–Trinajstić information content (AvgIpc) is 2.77. The average molecular weight is 488 g/mol. The maximum absolute atomic E-state index is 13.5. The van der Waals surface area contributed by atoms with E-state index in [1.54, 1.807) is 13.0 Å². The highest BCUT2D eigenvalue weighted by molar-refractivity contribution is 6.31. The molecule has 0 aromatic heterocycles. The van der Waals surface area contributed by atoms with Gasteiger partial charge in [0.1, 0.15) is 17.2 Å². The first kappa shape index (κ1) is 25.8. The van der Waals surface area contributed by atoms with E-state index >= 15 is 0 Å². The predicted octanol–water partition coefficient (Wildman–Crippen LogP) is 4.79. The number of nitrogens with one attached hydrogen (secondary N) is 1. The van der Waals surface area contributed by atoms with Gasteiger partial charge in [0.05, 0.1) is 24.5 Å². The number of ether oxygens (including phenoxy) is 2. The zero-order chi connectivity index (χ0) is 24.9. The molecular formula is C25H32ClN4O4+. The molecule has 1 aliphatic heterocycles. The number of ketones is 1. The Morgan fingerprint density at radius 3 is 2.74 bits per heavy atom. The van der Waals surface area contributed by atoms with Crippen LogP contribution in [0.5, 0.6) is 0 Å². The maximum Gasteiger partial charge on any atom is 0.336 e. The number of likely N-dealkylation sites (N-methyl/N-ethyl adjacent to an activating group) is 1. The fourth-order valence-corrected chi connectivity index (χ4v) is 4.92. The molecule has 0 fully saturated rings. The Morgan fingerprint density at radius 1 is 1.32 bits per heavy atom. The Balaban J connectivity index is 2.14. The highest BCUT2D eigenvalue weighted by Gasteiger charge is 2.46. The lowest BCUT2D eigenvalue weighted by Gasteiger charge is -2.44. The van der Waals surface area contributed by atoms with Crippen molar-refractivity contribution in [2.45, 2.75) is 46.0 Å². The number of esters is 1. The fourth-order valence-electron chi connectivity index (χ4n) is 4.68. The van der Waals surface area contributed by atoms with Crippen molar-refractivity contribution in [1.82, 2.24) is 9.81 Å². The molecule has 0 saturated heterocycles. The summed E-state index contributed by atoms with van der Waals surface area (Å²) in [6.07, 6.45) is 1.68. The number of hydrogen-bond donors (Lipinski definition) is 1. The molecule has 3 rings (SSSR count). The van der Waals surface area contributed by atoms with E-state index in [4.69, 9.17) is 26.6 Å². The lowest BCUT2D eigenvalue weighted by atomic mass is 9.68. The van der Waals surface area contributed by atoms with Crippen LogP contribution in [-0.2, 0) is 19.1 Å². The normalized spacial score (nSPS) is 19.6. The van der Waals surface area contributed by atoms with Crippen molar-refractivity contribution in [3.05, 3.63) is 57.4 Å². The largest absolute Gasteiger partial charge is 0.463 e. The van der Waals surface area contributed by atoms with E-state index in [1.807, 2.05) is 30.1 Å². The Kier molecular flexibility index (Phi) is 8.42. The first-order valence-corrected chi connectivity index (χ1v) is 11.8. The second kappa shape index (κ2) is 11.1. The molecule has 2 aliphatic rings. The van der Waals surface area contributed by atoms with Gasteiger partial charge in [-0.3, -0.25) is 4.79 Å². The summed E-state index contributed by atoms with van der Waals surface area (Å²) in [5.41, 5.74) is 9.79. The van der Waals surface area contributed by atoms with Gasteiger partial charge in [0.2, 0.25) is 4.91 Å². The number of halogens is 1. The van der Waals surface area contributed by atoms with Gasteiger partial charge in [0, 0.05) is 42.3 Å². The van der Waals surface area contributed by atoms with Crippen molar-refractivity contribution in [3.63, 3.8) is 0 Å². The molecule has 182 valence electrons. The van der Waals surface area contributed by atoms with Gasteiger partial charge in [-0.25, -0.2) is 4.79 Å². The van der Waals surface area contributed by atoms with E-state index in [2.05, 4.69) is 23.9 Å². The van der Waals surface area contributed by atoms with Crippen LogP contribution in [0.15, 0.2) is 51.9 Å². The van der Waals surface area contributed by atoms with Gasteiger partial charge in [0.25, 0.3) is 0 Å². The van der Waals surface area contributed by atoms with Gasteiger partial charge in [-0.1, -0.05) is 43.6 Å². The number of nitrogens with zero attached hydrogens (tertiary/aromatic N) is 3. The van der Waals surface area contributed by atoms with E-state index in [9.17, 15) is 9.59 Å². The van der Waals surface area contributed by atoms with Crippen LogP contribution >= 0.6 is 11.6 Å². The minimum atomic E-state index is -0.627. The van der Waals surface area contributed by atoms with E-state index in [1.165, 1.54) is 0 Å². The fraction of sp³-hybridized carbons (Fsp3) is 0.520. The molecule has 0 bridgehead atoms. The van der Waals surface area contributed by atoms with Crippen molar-refractivity contribution in [1.29, 1.82) is 5.53 Å². The highest BCUT2D eigenvalue weighted by atomic mass is 35.5. The first-order valence-electron chi connectivity index (χ1n) is 11.5. The summed E-state index contributed by atoms with van der Waals surface area (Å²) in [6.45, 7) is 7.06. The van der Waals surface area contributed by atoms with Crippen LogP contribution in [0.4, 0.5) is 0 Å². The molecule has 1 N–H and O–H groups in total. The minimum Gasteiger partial charge on any atom is -0.463 e. The van der Waals surface area contributed by atoms with Crippen molar-refractivity contribution < 1.29 is 19.1 Å². The van der Waals surface area contributed by atoms with E-state index in [0.717, 1.165) is 5.70 Å². The predicted molar refractivity (Wildman–Crippen MR) is 128 cm³/mol. The number of rotatable bonds is 9. The van der Waals surface area contributed by atoms with E-state index in [0.29, 0.717) is 59.8 Å². The number of Topliss-reactive ketones (excluding diaryl/α,β-unsaturated/α-hetero) is 1. The summed E-state index contributed by atoms with van der Waals surface area (Å²) in [7, 11) is 1.87. The third-order valence-corrected chi connectivity index (χ3v) is 6.51. The number of benzene rings is 1. The van der Waals surface area contributed by atoms with Crippen LogP contribution in [0.3, 0.4) is 0 Å². The van der Waals surface area contributed by atoms with Crippen LogP contribution < -0.4 is 4.91 Å². The molecule has 1 aliphatic carbocycles. The number of carbonyl (C=O) groups is 2. The molecular weight excluding hydrogens is 456 g/mol. The van der Waals surface area contributed by atoms with Crippen molar-refractivity contribution in [2.75, 3.05) is 33.4 Å². The van der Waals surface area contributed by atoms with E-state index < -0.39 is 11.9 Å². The van der Waals surface area contributed by atoms with E-state index in [-0.39, 0.29) is 24.4 Å². The smallest absolute Gasteiger partial charge is 0.336 e. The van der Waals surface area contributed by atoms with Gasteiger partial charge < -0.3 is 14.4 Å². The highest BCUT2D eigenvalue weighted by Crippen LogP contribution is 2.50. The molecule has 34 heavy (non-hydrogen) atoms.